The lowest BCUT2D eigenvalue weighted by molar-refractivity contribution is -0.151. The van der Waals surface area contributed by atoms with Crippen molar-refractivity contribution in [2.24, 2.45) is 5.92 Å². The van der Waals surface area contributed by atoms with E-state index in [9.17, 15) is 22.6 Å². The number of likely N-dealkylation sites (tertiary alicyclic amines) is 1. The number of fused-ring (bicyclic) bond motifs is 1. The second-order valence-corrected chi connectivity index (χ2v) is 15.1. The molecule has 46 heavy (non-hydrogen) atoms. The predicted octanol–water partition coefficient (Wildman–Crippen LogP) is 0.896. The van der Waals surface area contributed by atoms with Crippen LogP contribution in [0, 0.1) is 29.6 Å². The number of sulfone groups is 1. The summed E-state index contributed by atoms with van der Waals surface area (Å²) in [6, 6.07) is 7.57. The summed E-state index contributed by atoms with van der Waals surface area (Å²) in [5.74, 6) is 11.2. The molecule has 0 unspecified atom stereocenters. The van der Waals surface area contributed by atoms with Crippen LogP contribution < -0.4 is 10.0 Å². The Labute approximate surface area is 267 Å². The normalized spacial score (nSPS) is 16.4. The van der Waals surface area contributed by atoms with Crippen molar-refractivity contribution < 1.29 is 46.8 Å². The fourth-order valence-corrected chi connectivity index (χ4v) is 6.17. The van der Waals surface area contributed by atoms with Gasteiger partial charge in [-0.25, -0.2) is 17.8 Å². The number of carbonyl (C=O) groups is 2. The van der Waals surface area contributed by atoms with Crippen molar-refractivity contribution in [3.63, 3.8) is 0 Å². The zero-order chi connectivity index (χ0) is 33.5. The molecular weight excluding hydrogens is 639 g/mol. The third-order valence-electron chi connectivity index (χ3n) is 7.87. The third kappa shape index (κ3) is 9.44. The Hall–Kier alpha value is -3.66. The van der Waals surface area contributed by atoms with Crippen LogP contribution in [0.4, 0.5) is 4.79 Å². The Morgan fingerprint density at radius 2 is 1.93 bits per heavy atom. The highest BCUT2D eigenvalue weighted by Gasteiger charge is 2.38. The van der Waals surface area contributed by atoms with Crippen LogP contribution in [0.5, 0.6) is 5.75 Å². The number of para-hydroxylation sites is 1. The van der Waals surface area contributed by atoms with Gasteiger partial charge in [0, 0.05) is 55.8 Å². The smallest absolute Gasteiger partial charge is 0.404 e. The first-order chi connectivity index (χ1) is 21.7. The summed E-state index contributed by atoms with van der Waals surface area (Å²) >= 11 is 0. The Morgan fingerprint density at radius 1 is 1.20 bits per heavy atom. The average molecular weight is 677 g/mol. The van der Waals surface area contributed by atoms with Crippen molar-refractivity contribution >= 4 is 29.7 Å². The fourth-order valence-electron chi connectivity index (χ4n) is 4.95. The van der Waals surface area contributed by atoms with Crippen molar-refractivity contribution in [2.75, 3.05) is 45.6 Å². The number of aryl methyl sites for hydroxylation is 1. The Balaban J connectivity index is 1.25. The van der Waals surface area contributed by atoms with Crippen LogP contribution in [0.3, 0.4) is 0 Å². The summed E-state index contributed by atoms with van der Waals surface area (Å²) in [5, 5.41) is 8.94. The van der Waals surface area contributed by atoms with Gasteiger partial charge in [-0.05, 0) is 49.3 Å². The van der Waals surface area contributed by atoms with Crippen LogP contribution in [0.2, 0.25) is 0 Å². The van der Waals surface area contributed by atoms with E-state index >= 15 is 0 Å². The Kier molecular flexibility index (Phi) is 11.4. The van der Waals surface area contributed by atoms with E-state index in [1.807, 2.05) is 0 Å². The summed E-state index contributed by atoms with van der Waals surface area (Å²) in [6.45, 7) is 4.10. The van der Waals surface area contributed by atoms with Crippen LogP contribution in [0.25, 0.3) is 0 Å². The van der Waals surface area contributed by atoms with Gasteiger partial charge < -0.3 is 19.4 Å². The molecule has 3 heterocycles. The minimum atomic E-state index is -4.79. The van der Waals surface area contributed by atoms with Crippen LogP contribution in [-0.4, -0.2) is 100 Å². The van der Waals surface area contributed by atoms with E-state index in [4.69, 9.17) is 19.7 Å². The quantitative estimate of drug-likeness (QED) is 0.126. The van der Waals surface area contributed by atoms with Crippen LogP contribution in [0.1, 0.15) is 36.6 Å². The van der Waals surface area contributed by atoms with Gasteiger partial charge in [0.05, 0.1) is 30.9 Å². The molecule has 16 heteroatoms. The van der Waals surface area contributed by atoms with Gasteiger partial charge in [-0.2, -0.15) is 5.48 Å². The zero-order valence-corrected chi connectivity index (χ0v) is 27.2. The molecule has 2 aromatic rings. The number of carbonyl (C=O) groups excluding carboxylic acids is 2. The molecular formula is C30H37N4O10PS. The molecule has 4 N–H and O–H groups in total. The molecule has 0 saturated carbocycles. The van der Waals surface area contributed by atoms with Gasteiger partial charge in [-0.3, -0.25) is 24.0 Å². The Bertz CT molecular complexity index is 1730. The van der Waals surface area contributed by atoms with E-state index in [1.54, 1.807) is 24.4 Å². The molecule has 1 atom stereocenters. The minimum Gasteiger partial charge on any atom is -0.404 e. The van der Waals surface area contributed by atoms with E-state index in [2.05, 4.69) is 38.6 Å². The van der Waals surface area contributed by atoms with Crippen molar-refractivity contribution in [3.05, 3.63) is 53.3 Å². The van der Waals surface area contributed by atoms with Gasteiger partial charge in [-0.1, -0.05) is 30.0 Å². The van der Waals surface area contributed by atoms with Gasteiger partial charge in [0.2, 0.25) is 0 Å². The first-order valence-electron chi connectivity index (χ1n) is 14.5. The highest BCUT2D eigenvalue weighted by atomic mass is 32.2. The summed E-state index contributed by atoms with van der Waals surface area (Å²) in [4.78, 5) is 52.2. The van der Waals surface area contributed by atoms with Crippen LogP contribution >= 0.6 is 7.82 Å². The average Bonchev–Trinajstić information content (AvgIpc) is 3.48. The van der Waals surface area contributed by atoms with Crippen molar-refractivity contribution in [1.29, 1.82) is 0 Å². The van der Waals surface area contributed by atoms with E-state index in [0.29, 0.717) is 17.7 Å². The lowest BCUT2D eigenvalue weighted by Gasteiger charge is -2.35. The van der Waals surface area contributed by atoms with Gasteiger partial charge >= 0.3 is 19.8 Å². The molecule has 248 valence electrons. The monoisotopic (exact) mass is 676 g/mol. The first kappa shape index (κ1) is 35.2. The fraction of sp³-hybridized carbons (Fsp3) is 0.467. The molecule has 0 aliphatic carbocycles. The number of nitrogens with one attached hydrogen (secondary N) is 1. The van der Waals surface area contributed by atoms with Gasteiger partial charge in [-0.15, -0.1) is 0 Å². The number of aliphatic hydroxyl groups is 1. The summed E-state index contributed by atoms with van der Waals surface area (Å²) in [6.07, 6.45) is 2.66. The number of phosphoric ester groups is 1. The highest BCUT2D eigenvalue weighted by molar-refractivity contribution is 7.92. The number of amides is 1. The molecule has 4 rings (SSSR count). The first-order valence-corrected chi connectivity index (χ1v) is 17.9. The lowest BCUT2D eigenvalue weighted by atomic mass is 10.0. The van der Waals surface area contributed by atoms with Gasteiger partial charge in [0.15, 0.2) is 9.84 Å². The van der Waals surface area contributed by atoms with E-state index in [0.717, 1.165) is 25.0 Å². The number of aromatic nitrogens is 1. The number of rotatable bonds is 14. The Morgan fingerprint density at radius 3 is 2.61 bits per heavy atom. The zero-order valence-electron chi connectivity index (χ0n) is 25.5. The number of hydroxylamine groups is 1. The third-order valence-corrected chi connectivity index (χ3v) is 10.4. The topological polar surface area (TPSA) is 188 Å². The number of nitrogens with zero attached hydrogens (tertiary/aromatic N) is 3. The second kappa shape index (κ2) is 14.8. The summed E-state index contributed by atoms with van der Waals surface area (Å²) in [5.41, 5.74) is 4.20. The molecule has 0 bridgehead atoms. The number of phosphoric acid groups is 1. The largest absolute Gasteiger partial charge is 0.524 e. The van der Waals surface area contributed by atoms with Crippen molar-refractivity contribution in [1.82, 2.24) is 19.8 Å². The maximum atomic E-state index is 13.0. The van der Waals surface area contributed by atoms with E-state index in [-0.39, 0.29) is 63.2 Å². The van der Waals surface area contributed by atoms with E-state index < -0.39 is 28.4 Å². The molecule has 1 saturated heterocycles. The van der Waals surface area contributed by atoms with Crippen LogP contribution in [0.15, 0.2) is 36.5 Å². The molecule has 0 radical (unpaired) electrons. The molecule has 0 spiro atoms. The molecule has 14 nitrogen and oxygen atoms in total. The number of benzene rings is 1. The van der Waals surface area contributed by atoms with Crippen molar-refractivity contribution in [3.8, 4) is 29.4 Å². The summed E-state index contributed by atoms with van der Waals surface area (Å²) in [7, 11) is -8.45. The maximum Gasteiger partial charge on any atom is 0.524 e. The standard InChI is InChI=1S/C30H37N4O10PS/c1-30(46(2,41)42,22-31-43-28(36)12-11-25-9-5-6-10-27(25)44-45(38,39)40)13-14-33-21-26-17-23(20-34(26)29(33)37)7-3-4-8-24-18-32(19-24)15-16-35/h5-6,9-10,17,20,24,31,35H,11-16,18-19,21-22H2,1-2H3,(H2,38,39,40)/t30-/m1/s1. The highest BCUT2D eigenvalue weighted by Crippen LogP contribution is 2.39. The minimum absolute atomic E-state index is 0.0596. The number of β-amino-alcohol motifs (C(OH)–C–C–N with tert-alkyl or cyclic N) is 1. The molecule has 1 amide bonds. The van der Waals surface area contributed by atoms with Gasteiger partial charge in [0.1, 0.15) is 5.75 Å². The van der Waals surface area contributed by atoms with Crippen molar-refractivity contribution in [2.45, 2.75) is 37.5 Å². The molecule has 1 aromatic carbocycles. The molecule has 2 aliphatic heterocycles. The van der Waals surface area contributed by atoms with E-state index in [1.165, 1.54) is 28.5 Å². The summed E-state index contributed by atoms with van der Waals surface area (Å²) < 4.78 is 41.4. The van der Waals surface area contributed by atoms with Gasteiger partial charge in [0.25, 0.3) is 0 Å². The predicted molar refractivity (Wildman–Crippen MR) is 167 cm³/mol. The number of hydrogen-bond donors (Lipinski definition) is 4. The molecule has 2 aliphatic rings. The maximum absolute atomic E-state index is 13.0. The second-order valence-electron chi connectivity index (χ2n) is 11.5. The molecule has 1 fully saturated rings. The lowest BCUT2D eigenvalue weighted by Crippen LogP contribution is -2.47. The molecule has 1 aromatic heterocycles. The number of hydrogen-bond acceptors (Lipinski definition) is 10. The SMILES string of the molecule is C[C@@](CCN1Cc2cc(C#CC#CC3CN(CCO)C3)cn2C1=O)(CNOC(=O)CCc1ccccc1OP(=O)(O)O)S(C)(=O)=O. The van der Waals surface area contributed by atoms with Crippen LogP contribution in [-0.2, 0) is 37.0 Å². The number of aliphatic hydroxyl groups excluding tert-OH is 1.